The van der Waals surface area contributed by atoms with E-state index in [-0.39, 0.29) is 29.2 Å². The summed E-state index contributed by atoms with van der Waals surface area (Å²) in [6.45, 7) is 3.40. The average Bonchev–Trinajstić information content (AvgIpc) is 3.08. The first-order valence-electron chi connectivity index (χ1n) is 15.4. The van der Waals surface area contributed by atoms with Gasteiger partial charge in [0.2, 0.25) is 0 Å². The number of esters is 1. The summed E-state index contributed by atoms with van der Waals surface area (Å²) in [5.41, 5.74) is 0.937. The molecule has 3 aromatic carbocycles. The fraction of sp³-hybridized carbons (Fsp3) is 0.343. The highest BCUT2D eigenvalue weighted by atomic mass is 19.2. The zero-order valence-corrected chi connectivity index (χ0v) is 26.7. The summed E-state index contributed by atoms with van der Waals surface area (Å²) in [5, 5.41) is 5.17. The second-order valence-electron chi connectivity index (χ2n) is 11.8. The maximum atomic E-state index is 14.5. The van der Waals surface area contributed by atoms with Crippen molar-refractivity contribution < 1.29 is 41.4 Å². The highest BCUT2D eigenvalue weighted by Crippen LogP contribution is 2.46. The summed E-state index contributed by atoms with van der Waals surface area (Å²) in [4.78, 5) is 42.1. The molecule has 13 heteroatoms. The molecule has 0 spiro atoms. The molecule has 5 rings (SSSR count). The first kappa shape index (κ1) is 34.4. The van der Waals surface area contributed by atoms with Crippen molar-refractivity contribution in [3.8, 4) is 5.75 Å². The van der Waals surface area contributed by atoms with Crippen LogP contribution in [0.15, 0.2) is 71.9 Å². The molecule has 0 saturated carbocycles. The van der Waals surface area contributed by atoms with Gasteiger partial charge in [0, 0.05) is 23.2 Å². The Hall–Kier alpha value is -4.91. The molecule has 2 N–H and O–H groups in total. The second-order valence-corrected chi connectivity index (χ2v) is 11.8. The Balaban J connectivity index is 1.27. The number of nitrogens with one attached hydrogen (secondary N) is 2. The number of carbonyl (C=O) groups excluding carboxylic acids is 3. The molecule has 3 aromatic rings. The molecular formula is C35H36F4N4O5. The molecule has 4 amide bonds. The number of likely N-dealkylation sites (tertiary alicyclic amines) is 1. The van der Waals surface area contributed by atoms with Gasteiger partial charge < -0.3 is 25.0 Å². The van der Waals surface area contributed by atoms with Crippen molar-refractivity contribution in [1.82, 2.24) is 20.4 Å². The molecule has 0 aliphatic carbocycles. The number of piperidine rings is 1. The van der Waals surface area contributed by atoms with E-state index in [0.29, 0.717) is 50.2 Å². The Morgan fingerprint density at radius 3 is 2.27 bits per heavy atom. The maximum Gasteiger partial charge on any atom is 0.337 e. The number of nitrogens with zero attached hydrogens (tertiary/aromatic N) is 2. The molecule has 48 heavy (non-hydrogen) atoms. The van der Waals surface area contributed by atoms with E-state index in [2.05, 4.69) is 15.5 Å². The molecule has 1 unspecified atom stereocenters. The maximum absolute atomic E-state index is 14.5. The first-order chi connectivity index (χ1) is 23.0. The number of hydrogen-bond acceptors (Lipinski definition) is 6. The SMILES string of the molecule is COC(=O)C1=C(C)NC(=O)N(C(=O)NCCCN2CCC(c3ccc(F)cc3)(c3cc(F)ccc3OC)CC2)C1c1ccc(F)c(F)c1. The summed E-state index contributed by atoms with van der Waals surface area (Å²) in [5.74, 6) is -3.41. The van der Waals surface area contributed by atoms with Crippen LogP contribution in [-0.2, 0) is 14.9 Å². The molecule has 9 nitrogen and oxygen atoms in total. The first-order valence-corrected chi connectivity index (χ1v) is 15.4. The number of benzene rings is 3. The van der Waals surface area contributed by atoms with Crippen LogP contribution in [0.25, 0.3) is 0 Å². The predicted molar refractivity (Wildman–Crippen MR) is 168 cm³/mol. The van der Waals surface area contributed by atoms with Gasteiger partial charge in [-0.2, -0.15) is 0 Å². The lowest BCUT2D eigenvalue weighted by molar-refractivity contribution is -0.136. The summed E-state index contributed by atoms with van der Waals surface area (Å²) >= 11 is 0. The normalized spacial score (nSPS) is 17.9. The fourth-order valence-electron chi connectivity index (χ4n) is 6.60. The van der Waals surface area contributed by atoms with Gasteiger partial charge in [-0.15, -0.1) is 0 Å². The number of carbonyl (C=O) groups is 3. The van der Waals surface area contributed by atoms with Crippen molar-refractivity contribution in [2.45, 2.75) is 37.6 Å². The Labute approximate surface area is 275 Å². The van der Waals surface area contributed by atoms with Gasteiger partial charge in [0.05, 0.1) is 19.8 Å². The third-order valence-corrected chi connectivity index (χ3v) is 9.04. The van der Waals surface area contributed by atoms with Gasteiger partial charge in [0.25, 0.3) is 0 Å². The molecule has 254 valence electrons. The lowest BCUT2D eigenvalue weighted by atomic mass is 9.67. The van der Waals surface area contributed by atoms with E-state index in [0.717, 1.165) is 29.7 Å². The van der Waals surface area contributed by atoms with Crippen LogP contribution in [0.4, 0.5) is 27.2 Å². The lowest BCUT2D eigenvalue weighted by Gasteiger charge is -2.43. The van der Waals surface area contributed by atoms with E-state index in [9.17, 15) is 31.9 Å². The standard InChI is InChI=1S/C35H36F4N4O5/c1-21-30(32(44)48-3)31(22-5-11-27(38)28(39)19-22)43(34(46)41-21)33(45)40-15-4-16-42-17-13-35(14-18-42,23-6-8-24(36)9-7-23)26-20-25(37)10-12-29(26)47-2/h5-12,19-20,31H,4,13-18H2,1-3H3,(H,40,45)(H,41,46). The smallest absolute Gasteiger partial charge is 0.337 e. The average molecular weight is 669 g/mol. The summed E-state index contributed by atoms with van der Waals surface area (Å²) < 4.78 is 66.8. The number of rotatable bonds is 9. The van der Waals surface area contributed by atoms with Crippen LogP contribution < -0.4 is 15.4 Å². The third-order valence-electron chi connectivity index (χ3n) is 9.04. The van der Waals surface area contributed by atoms with Gasteiger partial charge in [-0.1, -0.05) is 18.2 Å². The van der Waals surface area contributed by atoms with Gasteiger partial charge in [-0.05, 0) is 99.4 Å². The van der Waals surface area contributed by atoms with Crippen molar-refractivity contribution >= 4 is 18.0 Å². The number of allylic oxidation sites excluding steroid dienone is 1. The van der Waals surface area contributed by atoms with Crippen molar-refractivity contribution in [2.75, 3.05) is 40.4 Å². The van der Waals surface area contributed by atoms with Crippen molar-refractivity contribution in [2.24, 2.45) is 0 Å². The van der Waals surface area contributed by atoms with Gasteiger partial charge >= 0.3 is 18.0 Å². The monoisotopic (exact) mass is 668 g/mol. The van der Waals surface area contributed by atoms with Gasteiger partial charge in [0.1, 0.15) is 23.4 Å². The minimum atomic E-state index is -1.37. The van der Waals surface area contributed by atoms with E-state index >= 15 is 0 Å². The molecule has 0 radical (unpaired) electrons. The van der Waals surface area contributed by atoms with Gasteiger partial charge in [-0.25, -0.2) is 36.8 Å². The molecule has 2 heterocycles. The molecule has 2 aliphatic heterocycles. The minimum absolute atomic E-state index is 0.00605. The van der Waals surface area contributed by atoms with Crippen LogP contribution in [0, 0.1) is 23.3 Å². The number of urea groups is 2. The van der Waals surface area contributed by atoms with Crippen LogP contribution in [0.1, 0.15) is 48.9 Å². The molecule has 0 aromatic heterocycles. The fourth-order valence-corrected chi connectivity index (χ4v) is 6.60. The summed E-state index contributed by atoms with van der Waals surface area (Å²) in [7, 11) is 2.66. The Kier molecular flexibility index (Phi) is 10.4. The summed E-state index contributed by atoms with van der Waals surface area (Å²) in [6.07, 6.45) is 1.68. The van der Waals surface area contributed by atoms with Gasteiger partial charge in [0.15, 0.2) is 11.6 Å². The number of ether oxygens (including phenoxy) is 2. The minimum Gasteiger partial charge on any atom is -0.496 e. The number of halogens is 4. The van der Waals surface area contributed by atoms with Crippen molar-refractivity contribution in [3.63, 3.8) is 0 Å². The van der Waals surface area contributed by atoms with E-state index < -0.39 is 46.9 Å². The van der Waals surface area contributed by atoms with Crippen molar-refractivity contribution in [3.05, 3.63) is 112 Å². The van der Waals surface area contributed by atoms with Crippen LogP contribution >= 0.6 is 0 Å². The lowest BCUT2D eigenvalue weighted by Crippen LogP contribution is -2.54. The van der Waals surface area contributed by atoms with Crippen LogP contribution in [0.3, 0.4) is 0 Å². The molecule has 2 aliphatic rings. The Morgan fingerprint density at radius 1 is 0.938 bits per heavy atom. The summed E-state index contributed by atoms with van der Waals surface area (Å²) in [6, 6.07) is 10.4. The van der Waals surface area contributed by atoms with Crippen LogP contribution in [0.5, 0.6) is 5.75 Å². The molecule has 0 bridgehead atoms. The highest BCUT2D eigenvalue weighted by Gasteiger charge is 2.43. The molecule has 1 atom stereocenters. The molecule has 1 saturated heterocycles. The number of imide groups is 1. The van der Waals surface area contributed by atoms with E-state index in [1.54, 1.807) is 18.2 Å². The zero-order valence-electron chi connectivity index (χ0n) is 26.7. The van der Waals surface area contributed by atoms with E-state index in [1.807, 2.05) is 0 Å². The van der Waals surface area contributed by atoms with E-state index in [1.165, 1.54) is 44.4 Å². The quantitative estimate of drug-likeness (QED) is 0.166. The van der Waals surface area contributed by atoms with Crippen LogP contribution in [0.2, 0.25) is 0 Å². The predicted octanol–water partition coefficient (Wildman–Crippen LogP) is 5.95. The Bertz CT molecular complexity index is 1720. The third kappa shape index (κ3) is 6.86. The van der Waals surface area contributed by atoms with Gasteiger partial charge in [-0.3, -0.25) is 0 Å². The highest BCUT2D eigenvalue weighted by molar-refractivity contribution is 6.01. The van der Waals surface area contributed by atoms with Crippen molar-refractivity contribution in [1.29, 1.82) is 0 Å². The molecular weight excluding hydrogens is 632 g/mol. The molecule has 1 fully saturated rings. The second kappa shape index (κ2) is 14.5. The zero-order chi connectivity index (χ0) is 34.6. The largest absolute Gasteiger partial charge is 0.496 e. The van der Waals surface area contributed by atoms with Crippen LogP contribution in [-0.4, -0.2) is 68.2 Å². The Morgan fingerprint density at radius 2 is 1.62 bits per heavy atom. The number of amides is 4. The van der Waals surface area contributed by atoms with E-state index in [4.69, 9.17) is 9.47 Å². The topological polar surface area (TPSA) is 100 Å². The number of hydrogen-bond donors (Lipinski definition) is 2. The number of methoxy groups -OCH3 is 2.